The Hall–Kier alpha value is -1.88. The molecule has 1 heterocycles. The van der Waals surface area contributed by atoms with Crippen molar-refractivity contribution in [3.8, 4) is 5.75 Å². The van der Waals surface area contributed by atoms with E-state index in [2.05, 4.69) is 4.98 Å². The third-order valence-electron chi connectivity index (χ3n) is 4.46. The Morgan fingerprint density at radius 3 is 2.52 bits per heavy atom. The molecule has 1 unspecified atom stereocenters. The fourth-order valence-corrected chi connectivity index (χ4v) is 2.97. The van der Waals surface area contributed by atoms with Crippen LogP contribution in [0.25, 0.3) is 10.9 Å². The van der Waals surface area contributed by atoms with Gasteiger partial charge < -0.3 is 14.6 Å². The zero-order valence-corrected chi connectivity index (χ0v) is 17.9. The van der Waals surface area contributed by atoms with Crippen LogP contribution in [0.5, 0.6) is 5.75 Å². The van der Waals surface area contributed by atoms with Crippen LogP contribution >= 0.6 is 0 Å². The zero-order chi connectivity index (χ0) is 18.4. The minimum absolute atomic E-state index is 0. The number of hydrogen-bond donors (Lipinski definition) is 0. The molecule has 1 atom stereocenters. The first-order chi connectivity index (χ1) is 12.7. The molecular formula is C22H22NNaO3. The second-order valence-corrected chi connectivity index (χ2v) is 6.37. The number of rotatable bonds is 8. The van der Waals surface area contributed by atoms with Crippen molar-refractivity contribution in [2.45, 2.75) is 38.7 Å². The normalized spacial score (nSPS) is 11.6. The summed E-state index contributed by atoms with van der Waals surface area (Å²) in [5.41, 5.74) is 2.55. The summed E-state index contributed by atoms with van der Waals surface area (Å²) >= 11 is 0. The van der Waals surface area contributed by atoms with Crippen molar-refractivity contribution < 1.29 is 44.2 Å². The quantitative estimate of drug-likeness (QED) is 0.551. The predicted octanol–water partition coefficient (Wildman–Crippen LogP) is 0.841. The van der Waals surface area contributed by atoms with Gasteiger partial charge in [-0.05, 0) is 36.2 Å². The fourth-order valence-electron chi connectivity index (χ4n) is 2.97. The molecule has 0 amide bonds. The Balaban J connectivity index is 0.00000261. The van der Waals surface area contributed by atoms with Crippen molar-refractivity contribution in [1.82, 2.24) is 4.98 Å². The maximum atomic E-state index is 11.4. The van der Waals surface area contributed by atoms with Gasteiger partial charge in [-0.15, -0.1) is 0 Å². The number of unbranched alkanes of at least 4 members (excludes halogenated alkanes) is 1. The van der Waals surface area contributed by atoms with Crippen LogP contribution in [0.15, 0.2) is 60.7 Å². The first-order valence-corrected chi connectivity index (χ1v) is 8.95. The van der Waals surface area contributed by atoms with Crippen molar-refractivity contribution in [2.24, 2.45) is 0 Å². The maximum absolute atomic E-state index is 11.4. The molecule has 1 aromatic heterocycles. The van der Waals surface area contributed by atoms with Crippen LogP contribution in [0.2, 0.25) is 0 Å². The van der Waals surface area contributed by atoms with Gasteiger partial charge in [0.15, 0.2) is 0 Å². The molecule has 0 radical (unpaired) electrons. The number of carboxylic acid groups (broad SMARTS) is 1. The van der Waals surface area contributed by atoms with E-state index < -0.39 is 11.9 Å². The number of benzene rings is 2. The molecule has 0 aliphatic carbocycles. The number of nitrogens with zero attached hydrogens (tertiary/aromatic N) is 1. The summed E-state index contributed by atoms with van der Waals surface area (Å²) in [6, 6.07) is 19.2. The number of fused-ring (bicyclic) bond motifs is 1. The van der Waals surface area contributed by atoms with Crippen LogP contribution in [0.3, 0.4) is 0 Å². The first kappa shape index (κ1) is 21.4. The zero-order valence-electron chi connectivity index (χ0n) is 15.9. The average molecular weight is 371 g/mol. The number of aliphatic carboxylic acids is 1. The van der Waals surface area contributed by atoms with Crippen LogP contribution in [-0.4, -0.2) is 11.0 Å². The third kappa shape index (κ3) is 5.80. The van der Waals surface area contributed by atoms with Crippen molar-refractivity contribution in [3.63, 3.8) is 0 Å². The molecule has 27 heavy (non-hydrogen) atoms. The van der Waals surface area contributed by atoms with Gasteiger partial charge in [0.25, 0.3) is 0 Å². The topological polar surface area (TPSA) is 62.2 Å². The number of pyridine rings is 1. The fraction of sp³-hybridized carbons (Fsp3) is 0.273. The minimum atomic E-state index is -1.02. The van der Waals surface area contributed by atoms with E-state index in [1.54, 1.807) is 24.3 Å². The second-order valence-electron chi connectivity index (χ2n) is 6.37. The largest absolute Gasteiger partial charge is 1.00 e. The molecular weight excluding hydrogens is 349 g/mol. The molecule has 0 spiro atoms. The van der Waals surface area contributed by atoms with E-state index in [1.165, 1.54) is 0 Å². The molecule has 4 nitrogen and oxygen atoms in total. The van der Waals surface area contributed by atoms with Crippen LogP contribution in [0.4, 0.5) is 0 Å². The van der Waals surface area contributed by atoms with E-state index in [1.807, 2.05) is 43.3 Å². The molecule has 3 rings (SSSR count). The Kier molecular flexibility index (Phi) is 8.29. The summed E-state index contributed by atoms with van der Waals surface area (Å²) < 4.78 is 5.79. The number of para-hydroxylation sites is 1. The van der Waals surface area contributed by atoms with Crippen LogP contribution < -0.4 is 39.4 Å². The number of carbonyl (C=O) groups is 1. The molecule has 0 bridgehead atoms. The van der Waals surface area contributed by atoms with Gasteiger partial charge >= 0.3 is 29.6 Å². The van der Waals surface area contributed by atoms with E-state index in [0.717, 1.165) is 35.0 Å². The Morgan fingerprint density at radius 2 is 1.81 bits per heavy atom. The number of hydrogen-bond acceptors (Lipinski definition) is 4. The summed E-state index contributed by atoms with van der Waals surface area (Å²) in [7, 11) is 0. The minimum Gasteiger partial charge on any atom is -0.549 e. The average Bonchev–Trinajstić information content (AvgIpc) is 2.67. The molecule has 0 saturated heterocycles. The number of carbonyl (C=O) groups excluding carboxylic acids is 1. The van der Waals surface area contributed by atoms with E-state index in [-0.39, 0.29) is 29.6 Å². The molecule has 0 fully saturated rings. The number of ether oxygens (including phenoxy) is 1. The van der Waals surface area contributed by atoms with Gasteiger partial charge in [-0.25, -0.2) is 4.98 Å². The monoisotopic (exact) mass is 371 g/mol. The molecule has 3 aromatic rings. The molecule has 134 valence electrons. The van der Waals surface area contributed by atoms with Gasteiger partial charge in [-0.3, -0.25) is 0 Å². The van der Waals surface area contributed by atoms with Gasteiger partial charge in [-0.1, -0.05) is 56.2 Å². The molecule has 2 aromatic carbocycles. The van der Waals surface area contributed by atoms with Crippen molar-refractivity contribution >= 4 is 16.9 Å². The predicted molar refractivity (Wildman–Crippen MR) is 99.8 cm³/mol. The Bertz CT molecular complexity index is 880. The summed E-state index contributed by atoms with van der Waals surface area (Å²) in [5.74, 6) is -0.894. The van der Waals surface area contributed by atoms with E-state index >= 15 is 0 Å². The first-order valence-electron chi connectivity index (χ1n) is 8.95. The molecule has 0 aliphatic heterocycles. The van der Waals surface area contributed by atoms with E-state index in [9.17, 15) is 9.90 Å². The van der Waals surface area contributed by atoms with Crippen LogP contribution in [0.1, 0.15) is 43.4 Å². The summed E-state index contributed by atoms with van der Waals surface area (Å²) in [6.45, 7) is 2.41. The number of carboxylic acids is 1. The van der Waals surface area contributed by atoms with E-state index in [0.29, 0.717) is 18.8 Å². The van der Waals surface area contributed by atoms with Gasteiger partial charge in [0.2, 0.25) is 0 Å². The summed E-state index contributed by atoms with van der Waals surface area (Å²) in [4.78, 5) is 15.9. The third-order valence-corrected chi connectivity index (χ3v) is 4.46. The molecule has 0 N–H and O–H groups in total. The Morgan fingerprint density at radius 1 is 1.07 bits per heavy atom. The Labute approximate surface area is 181 Å². The van der Waals surface area contributed by atoms with Gasteiger partial charge in [-0.2, -0.15) is 0 Å². The smallest absolute Gasteiger partial charge is 0.549 e. The number of aromatic nitrogens is 1. The van der Waals surface area contributed by atoms with E-state index in [4.69, 9.17) is 4.74 Å². The molecule has 0 aliphatic rings. The second kappa shape index (κ2) is 10.5. The van der Waals surface area contributed by atoms with Crippen LogP contribution in [-0.2, 0) is 11.4 Å². The van der Waals surface area contributed by atoms with Gasteiger partial charge in [0.05, 0.1) is 11.2 Å². The van der Waals surface area contributed by atoms with Crippen molar-refractivity contribution in [3.05, 3.63) is 71.9 Å². The standard InChI is InChI=1S/C22H23NO3.Na/c1-2-3-7-20(22(24)25)16-10-13-19(14-11-16)26-15-18-12-9-17-6-4-5-8-21(17)23-18;/h4-6,8-14,20H,2-3,7,15H2,1H3,(H,24,25);/q;+1/p-1. The van der Waals surface area contributed by atoms with Gasteiger partial charge in [0.1, 0.15) is 12.4 Å². The SMILES string of the molecule is CCCCC(C(=O)[O-])c1ccc(OCc2ccc3ccccc3n2)cc1.[Na+]. The molecule has 5 heteroatoms. The van der Waals surface area contributed by atoms with Gasteiger partial charge in [0, 0.05) is 17.3 Å². The van der Waals surface area contributed by atoms with Crippen molar-refractivity contribution in [2.75, 3.05) is 0 Å². The maximum Gasteiger partial charge on any atom is 1.00 e. The molecule has 0 saturated carbocycles. The van der Waals surface area contributed by atoms with Crippen LogP contribution in [0, 0.1) is 0 Å². The summed E-state index contributed by atoms with van der Waals surface area (Å²) in [6.07, 6.45) is 2.42. The summed E-state index contributed by atoms with van der Waals surface area (Å²) in [5, 5.41) is 12.5. The van der Waals surface area contributed by atoms with Crippen molar-refractivity contribution in [1.29, 1.82) is 0 Å².